The maximum atomic E-state index is 9.14. The molecule has 2 heterocycles. The van der Waals surface area contributed by atoms with Crippen molar-refractivity contribution in [3.63, 3.8) is 0 Å². The van der Waals surface area contributed by atoms with Gasteiger partial charge in [0.1, 0.15) is 11.1 Å². The van der Waals surface area contributed by atoms with Gasteiger partial charge in [-0.25, -0.2) is 0 Å². The summed E-state index contributed by atoms with van der Waals surface area (Å²) in [5.41, 5.74) is 0.738. The smallest absolute Gasteiger partial charge is 0.208 e. The normalized spacial score (nSPS) is 13.7. The first-order chi connectivity index (χ1) is 8.15. The fraction of sp³-hybridized carbons (Fsp3) is 0.400. The van der Waals surface area contributed by atoms with Crippen LogP contribution in [0.15, 0.2) is 13.5 Å². The molecule has 0 bridgehead atoms. The van der Waals surface area contributed by atoms with Gasteiger partial charge >= 0.3 is 0 Å². The lowest BCUT2D eigenvalue weighted by molar-refractivity contribution is 0.733. The third-order valence-corrected chi connectivity index (χ3v) is 5.23. The van der Waals surface area contributed by atoms with E-state index in [1.54, 1.807) is 23.1 Å². The van der Waals surface area contributed by atoms with Gasteiger partial charge in [-0.05, 0) is 20.1 Å². The van der Waals surface area contributed by atoms with Gasteiger partial charge in [0.2, 0.25) is 5.96 Å². The SMILES string of the molecule is CSc1sc2c(c1C#N)SN=C(NC(C)C)N2. The lowest BCUT2D eigenvalue weighted by Gasteiger charge is -2.17. The number of anilines is 1. The molecule has 2 N–H and O–H groups in total. The molecular formula is C10H12N4S3. The van der Waals surface area contributed by atoms with Gasteiger partial charge in [-0.1, -0.05) is 0 Å². The van der Waals surface area contributed by atoms with Gasteiger partial charge < -0.3 is 10.6 Å². The van der Waals surface area contributed by atoms with Gasteiger partial charge in [-0.3, -0.25) is 0 Å². The number of thioether (sulfide) groups is 1. The lowest BCUT2D eigenvalue weighted by Crippen LogP contribution is -2.36. The Morgan fingerprint density at radius 2 is 2.29 bits per heavy atom. The molecule has 4 nitrogen and oxygen atoms in total. The Kier molecular flexibility index (Phi) is 3.86. The minimum atomic E-state index is 0.332. The Bertz CT molecular complexity index is 498. The van der Waals surface area contributed by atoms with Crippen LogP contribution in [0.25, 0.3) is 0 Å². The molecule has 0 saturated carbocycles. The molecule has 0 saturated heterocycles. The lowest BCUT2D eigenvalue weighted by atomic mass is 10.3. The monoisotopic (exact) mass is 284 g/mol. The van der Waals surface area contributed by atoms with Crippen LogP contribution in [0.2, 0.25) is 0 Å². The zero-order valence-electron chi connectivity index (χ0n) is 9.70. The van der Waals surface area contributed by atoms with E-state index in [4.69, 9.17) is 5.26 Å². The van der Waals surface area contributed by atoms with Gasteiger partial charge in [-0.15, -0.1) is 23.1 Å². The van der Waals surface area contributed by atoms with Crippen molar-refractivity contribution in [2.45, 2.75) is 29.0 Å². The minimum Gasteiger partial charge on any atom is -0.353 e. The molecule has 0 aromatic carbocycles. The fourth-order valence-corrected chi connectivity index (χ4v) is 4.10. The Labute approximate surface area is 113 Å². The summed E-state index contributed by atoms with van der Waals surface area (Å²) in [5.74, 6) is 0.760. The summed E-state index contributed by atoms with van der Waals surface area (Å²) < 4.78 is 5.36. The fourth-order valence-electron chi connectivity index (χ4n) is 1.36. The van der Waals surface area contributed by atoms with Crippen LogP contribution in [-0.4, -0.2) is 18.3 Å². The van der Waals surface area contributed by atoms with Gasteiger partial charge in [0, 0.05) is 18.0 Å². The van der Waals surface area contributed by atoms with E-state index in [-0.39, 0.29) is 0 Å². The Hall–Kier alpha value is -0.840. The van der Waals surface area contributed by atoms with Gasteiger partial charge in [0.05, 0.1) is 14.7 Å². The van der Waals surface area contributed by atoms with Crippen LogP contribution >= 0.6 is 35.0 Å². The molecule has 2 rings (SSSR count). The molecule has 1 aliphatic rings. The number of nitriles is 1. The predicted octanol–water partition coefficient (Wildman–Crippen LogP) is 3.13. The summed E-state index contributed by atoms with van der Waals surface area (Å²) in [4.78, 5) is 0.941. The summed E-state index contributed by atoms with van der Waals surface area (Å²) in [5, 5.41) is 16.6. The summed E-state index contributed by atoms with van der Waals surface area (Å²) >= 11 is 4.57. The van der Waals surface area contributed by atoms with Crippen LogP contribution in [0.4, 0.5) is 5.00 Å². The van der Waals surface area contributed by atoms with E-state index in [1.165, 1.54) is 11.9 Å². The molecule has 0 atom stereocenters. The molecule has 0 unspecified atom stereocenters. The predicted molar refractivity (Wildman–Crippen MR) is 76.0 cm³/mol. The average Bonchev–Trinajstić information content (AvgIpc) is 2.64. The standard InChI is InChI=1S/C10H12N4S3/c1-5(2)12-10-13-8-7(17-14-10)6(4-11)9(15-3)16-8/h5H,1-3H3,(H2,12,13,14). The summed E-state index contributed by atoms with van der Waals surface area (Å²) in [6, 6.07) is 2.58. The third-order valence-electron chi connectivity index (χ3n) is 2.01. The molecular weight excluding hydrogens is 272 g/mol. The van der Waals surface area contributed by atoms with Crippen molar-refractivity contribution in [3.8, 4) is 6.07 Å². The maximum absolute atomic E-state index is 9.14. The number of rotatable bonds is 2. The largest absolute Gasteiger partial charge is 0.353 e. The highest BCUT2D eigenvalue weighted by molar-refractivity contribution is 8.01. The van der Waals surface area contributed by atoms with Crippen LogP contribution in [0, 0.1) is 11.3 Å². The number of nitrogens with zero attached hydrogens (tertiary/aromatic N) is 2. The molecule has 0 spiro atoms. The third kappa shape index (κ3) is 2.54. The molecule has 17 heavy (non-hydrogen) atoms. The number of hydrogen-bond acceptors (Lipinski definition) is 7. The van der Waals surface area contributed by atoms with Gasteiger partial charge in [0.15, 0.2) is 0 Å². The second-order valence-electron chi connectivity index (χ2n) is 3.69. The number of thiophene rings is 1. The van der Waals surface area contributed by atoms with Crippen molar-refractivity contribution in [1.29, 1.82) is 5.26 Å². The van der Waals surface area contributed by atoms with E-state index in [1.807, 2.05) is 6.26 Å². The number of hydrogen-bond donors (Lipinski definition) is 2. The van der Waals surface area contributed by atoms with Crippen molar-refractivity contribution in [1.82, 2.24) is 5.32 Å². The number of nitrogens with one attached hydrogen (secondary N) is 2. The summed E-state index contributed by atoms with van der Waals surface area (Å²) in [6.45, 7) is 4.12. The topological polar surface area (TPSA) is 60.2 Å². The van der Waals surface area contributed by atoms with E-state index in [0.29, 0.717) is 6.04 Å². The van der Waals surface area contributed by atoms with Crippen LogP contribution in [0.5, 0.6) is 0 Å². The molecule has 1 aromatic heterocycles. The molecule has 90 valence electrons. The van der Waals surface area contributed by atoms with Crippen molar-refractivity contribution >= 4 is 46.0 Å². The highest BCUT2D eigenvalue weighted by atomic mass is 32.2. The van der Waals surface area contributed by atoms with Gasteiger partial charge in [-0.2, -0.15) is 9.66 Å². The zero-order valence-corrected chi connectivity index (χ0v) is 12.1. The van der Waals surface area contributed by atoms with Gasteiger partial charge in [0.25, 0.3) is 0 Å². The van der Waals surface area contributed by atoms with Crippen molar-refractivity contribution in [2.75, 3.05) is 11.6 Å². The highest BCUT2D eigenvalue weighted by Gasteiger charge is 2.23. The van der Waals surface area contributed by atoms with Crippen molar-refractivity contribution in [3.05, 3.63) is 5.56 Å². The van der Waals surface area contributed by atoms with Crippen LogP contribution in [0.3, 0.4) is 0 Å². The molecule has 0 aliphatic carbocycles. The first-order valence-electron chi connectivity index (χ1n) is 5.05. The van der Waals surface area contributed by atoms with E-state index >= 15 is 0 Å². The first kappa shape index (κ1) is 12.6. The highest BCUT2D eigenvalue weighted by Crippen LogP contribution is 2.45. The van der Waals surface area contributed by atoms with Crippen molar-refractivity contribution < 1.29 is 0 Å². The molecule has 0 fully saturated rings. The number of guanidine groups is 1. The quantitative estimate of drug-likeness (QED) is 0.645. The number of fused-ring (bicyclic) bond motifs is 1. The summed E-state index contributed by atoms with van der Waals surface area (Å²) in [6.07, 6.45) is 1.98. The Morgan fingerprint density at radius 1 is 1.53 bits per heavy atom. The minimum absolute atomic E-state index is 0.332. The Balaban J connectivity index is 2.27. The van der Waals surface area contributed by atoms with Crippen LogP contribution in [-0.2, 0) is 0 Å². The Morgan fingerprint density at radius 3 is 2.88 bits per heavy atom. The van der Waals surface area contributed by atoms with Crippen LogP contribution in [0.1, 0.15) is 19.4 Å². The van der Waals surface area contributed by atoms with Crippen molar-refractivity contribution in [2.24, 2.45) is 4.40 Å². The van der Waals surface area contributed by atoms with E-state index in [2.05, 4.69) is 34.9 Å². The van der Waals surface area contributed by atoms with Crippen LogP contribution < -0.4 is 10.6 Å². The first-order valence-corrected chi connectivity index (χ1v) is 7.86. The summed E-state index contributed by atoms with van der Waals surface area (Å²) in [7, 11) is 0. The molecule has 0 radical (unpaired) electrons. The maximum Gasteiger partial charge on any atom is 0.208 e. The molecule has 1 aromatic rings. The second-order valence-corrected chi connectivity index (χ2v) is 6.56. The van der Waals surface area contributed by atoms with E-state index in [9.17, 15) is 0 Å². The molecule has 1 aliphatic heterocycles. The molecule has 0 amide bonds. The van der Waals surface area contributed by atoms with E-state index < -0.39 is 0 Å². The average molecular weight is 284 g/mol. The second kappa shape index (κ2) is 5.21. The molecule has 7 heteroatoms. The van der Waals surface area contributed by atoms with E-state index in [0.717, 1.165) is 25.6 Å². The zero-order chi connectivity index (χ0) is 12.4.